The number of carbonyl (C=O) groups excluding carboxylic acids is 1. The zero-order valence-corrected chi connectivity index (χ0v) is 16.9. The van der Waals surface area contributed by atoms with Gasteiger partial charge in [0.15, 0.2) is 0 Å². The lowest BCUT2D eigenvalue weighted by atomic mass is 9.87. The summed E-state index contributed by atoms with van der Waals surface area (Å²) in [6.07, 6.45) is 4.90. The van der Waals surface area contributed by atoms with Gasteiger partial charge in [0, 0.05) is 23.5 Å². The molecule has 3 aromatic rings. The Bertz CT molecular complexity index is 958. The molecule has 5 nitrogen and oxygen atoms in total. The molecule has 0 aliphatic heterocycles. The number of ether oxygens (including phenoxy) is 1. The van der Waals surface area contributed by atoms with Gasteiger partial charge < -0.3 is 4.74 Å². The van der Waals surface area contributed by atoms with Crippen LogP contribution in [-0.4, -0.2) is 17.1 Å². The highest BCUT2D eigenvalue weighted by Crippen LogP contribution is 2.24. The SMILES string of the molecule is CC(C)(C)c1ccc(OCc2ccc(C(=O)N/N=C/c3cccnc3)cc2)cc1. The largest absolute Gasteiger partial charge is 0.489 e. The fourth-order valence-corrected chi connectivity index (χ4v) is 2.65. The fourth-order valence-electron chi connectivity index (χ4n) is 2.65. The highest BCUT2D eigenvalue weighted by Gasteiger charge is 2.13. The molecule has 1 amide bonds. The lowest BCUT2D eigenvalue weighted by molar-refractivity contribution is 0.0955. The fraction of sp³-hybridized carbons (Fsp3) is 0.208. The molecule has 0 spiro atoms. The molecule has 0 fully saturated rings. The molecular formula is C24H25N3O2. The van der Waals surface area contributed by atoms with Crippen LogP contribution in [0.2, 0.25) is 0 Å². The van der Waals surface area contributed by atoms with Gasteiger partial charge in [-0.1, -0.05) is 51.1 Å². The van der Waals surface area contributed by atoms with E-state index in [1.54, 1.807) is 30.7 Å². The average molecular weight is 387 g/mol. The van der Waals surface area contributed by atoms with Crippen molar-refractivity contribution in [2.75, 3.05) is 0 Å². The second kappa shape index (κ2) is 9.15. The van der Waals surface area contributed by atoms with Crippen molar-refractivity contribution in [3.63, 3.8) is 0 Å². The number of hydrogen-bond acceptors (Lipinski definition) is 4. The number of hydrazone groups is 1. The zero-order chi connectivity index (χ0) is 20.7. The van der Waals surface area contributed by atoms with Gasteiger partial charge in [-0.3, -0.25) is 9.78 Å². The van der Waals surface area contributed by atoms with E-state index in [1.807, 2.05) is 36.4 Å². The maximum absolute atomic E-state index is 12.2. The van der Waals surface area contributed by atoms with Crippen molar-refractivity contribution >= 4 is 12.1 Å². The maximum Gasteiger partial charge on any atom is 0.271 e. The van der Waals surface area contributed by atoms with Gasteiger partial charge in [0.1, 0.15) is 12.4 Å². The Morgan fingerprint density at radius 1 is 1.07 bits per heavy atom. The third kappa shape index (κ3) is 6.01. The van der Waals surface area contributed by atoms with Gasteiger partial charge in [0.25, 0.3) is 5.91 Å². The number of carbonyl (C=O) groups is 1. The van der Waals surface area contributed by atoms with Gasteiger partial charge in [-0.25, -0.2) is 5.43 Å². The van der Waals surface area contributed by atoms with Crippen LogP contribution in [0.3, 0.4) is 0 Å². The molecule has 1 N–H and O–H groups in total. The summed E-state index contributed by atoms with van der Waals surface area (Å²) in [4.78, 5) is 16.2. The molecule has 0 bridgehead atoms. The summed E-state index contributed by atoms with van der Waals surface area (Å²) < 4.78 is 5.84. The molecule has 0 saturated carbocycles. The van der Waals surface area contributed by atoms with Crippen LogP contribution in [-0.2, 0) is 12.0 Å². The van der Waals surface area contributed by atoms with Crippen LogP contribution in [0.15, 0.2) is 78.2 Å². The minimum atomic E-state index is -0.268. The van der Waals surface area contributed by atoms with E-state index >= 15 is 0 Å². The van der Waals surface area contributed by atoms with Crippen LogP contribution in [0.4, 0.5) is 0 Å². The highest BCUT2D eigenvalue weighted by molar-refractivity contribution is 5.94. The lowest BCUT2D eigenvalue weighted by Gasteiger charge is -2.19. The van der Waals surface area contributed by atoms with Gasteiger partial charge >= 0.3 is 0 Å². The number of benzene rings is 2. The van der Waals surface area contributed by atoms with Gasteiger partial charge in [0.05, 0.1) is 6.21 Å². The summed E-state index contributed by atoms with van der Waals surface area (Å²) in [6.45, 7) is 7.00. The summed E-state index contributed by atoms with van der Waals surface area (Å²) in [5, 5.41) is 3.95. The molecule has 0 unspecified atom stereocenters. The topological polar surface area (TPSA) is 63.6 Å². The van der Waals surface area contributed by atoms with Crippen molar-refractivity contribution in [2.24, 2.45) is 5.10 Å². The molecule has 3 rings (SSSR count). The van der Waals surface area contributed by atoms with Crippen LogP contribution in [0.25, 0.3) is 0 Å². The van der Waals surface area contributed by atoms with Crippen molar-refractivity contribution in [2.45, 2.75) is 32.8 Å². The molecule has 5 heteroatoms. The first-order valence-corrected chi connectivity index (χ1v) is 9.47. The molecule has 148 valence electrons. The van der Waals surface area contributed by atoms with Gasteiger partial charge in [-0.2, -0.15) is 5.10 Å². The second-order valence-electron chi connectivity index (χ2n) is 7.75. The lowest BCUT2D eigenvalue weighted by Crippen LogP contribution is -2.17. The van der Waals surface area contributed by atoms with Crippen LogP contribution in [0.1, 0.15) is 47.8 Å². The van der Waals surface area contributed by atoms with Crippen molar-refractivity contribution in [1.29, 1.82) is 0 Å². The van der Waals surface area contributed by atoms with Gasteiger partial charge in [-0.15, -0.1) is 0 Å². The summed E-state index contributed by atoms with van der Waals surface area (Å²) in [5.74, 6) is 0.555. The number of hydrogen-bond donors (Lipinski definition) is 1. The second-order valence-corrected chi connectivity index (χ2v) is 7.75. The van der Waals surface area contributed by atoms with E-state index in [0.29, 0.717) is 12.2 Å². The first-order valence-electron chi connectivity index (χ1n) is 9.47. The van der Waals surface area contributed by atoms with Gasteiger partial charge in [0.2, 0.25) is 0 Å². The number of amides is 1. The zero-order valence-electron chi connectivity index (χ0n) is 16.9. The molecule has 0 saturated heterocycles. The Labute approximate surface area is 171 Å². The smallest absolute Gasteiger partial charge is 0.271 e. The molecule has 0 aliphatic rings. The number of aromatic nitrogens is 1. The Hall–Kier alpha value is -3.47. The number of nitrogens with zero attached hydrogens (tertiary/aromatic N) is 2. The normalized spacial score (nSPS) is 11.4. The maximum atomic E-state index is 12.2. The summed E-state index contributed by atoms with van der Waals surface area (Å²) >= 11 is 0. The summed E-state index contributed by atoms with van der Waals surface area (Å²) in [7, 11) is 0. The van der Waals surface area contributed by atoms with Crippen molar-refractivity contribution in [1.82, 2.24) is 10.4 Å². The first kappa shape index (κ1) is 20.3. The van der Waals surface area contributed by atoms with Crippen molar-refractivity contribution in [3.05, 3.63) is 95.3 Å². The van der Waals surface area contributed by atoms with E-state index in [9.17, 15) is 4.79 Å². The van der Waals surface area contributed by atoms with Crippen LogP contribution >= 0.6 is 0 Å². The molecule has 1 heterocycles. The summed E-state index contributed by atoms with van der Waals surface area (Å²) in [6, 6.07) is 19.1. The van der Waals surface area contributed by atoms with Crippen molar-refractivity contribution in [3.8, 4) is 5.75 Å². The molecule has 1 aromatic heterocycles. The van der Waals surface area contributed by atoms with Gasteiger partial charge in [-0.05, 0) is 46.9 Å². The third-order valence-corrected chi connectivity index (χ3v) is 4.41. The van der Waals surface area contributed by atoms with Crippen LogP contribution < -0.4 is 10.2 Å². The average Bonchev–Trinajstić information content (AvgIpc) is 2.73. The third-order valence-electron chi connectivity index (χ3n) is 4.41. The Kier molecular flexibility index (Phi) is 6.39. The molecule has 0 atom stereocenters. The predicted molar refractivity (Wildman–Crippen MR) is 115 cm³/mol. The minimum Gasteiger partial charge on any atom is -0.489 e. The molecular weight excluding hydrogens is 362 g/mol. The monoisotopic (exact) mass is 387 g/mol. The minimum absolute atomic E-state index is 0.122. The first-order chi connectivity index (χ1) is 13.9. The number of nitrogens with one attached hydrogen (secondary N) is 1. The summed E-state index contributed by atoms with van der Waals surface area (Å²) in [5.41, 5.74) is 6.24. The number of pyridine rings is 1. The van der Waals surface area contributed by atoms with E-state index in [0.717, 1.165) is 16.9 Å². The van der Waals surface area contributed by atoms with Crippen LogP contribution in [0, 0.1) is 0 Å². The van der Waals surface area contributed by atoms with E-state index in [2.05, 4.69) is 48.4 Å². The van der Waals surface area contributed by atoms with E-state index in [-0.39, 0.29) is 11.3 Å². The standard InChI is InChI=1S/C24H25N3O2/c1-24(2,3)21-10-12-22(13-11-21)29-17-18-6-8-20(9-7-18)23(28)27-26-16-19-5-4-14-25-15-19/h4-16H,17H2,1-3H3,(H,27,28)/b26-16+. The van der Waals surface area contributed by atoms with E-state index in [1.165, 1.54) is 5.56 Å². The van der Waals surface area contributed by atoms with E-state index in [4.69, 9.17) is 4.74 Å². The molecule has 2 aromatic carbocycles. The quantitative estimate of drug-likeness (QED) is 0.492. The highest BCUT2D eigenvalue weighted by atomic mass is 16.5. The number of rotatable bonds is 6. The molecule has 0 aliphatic carbocycles. The predicted octanol–water partition coefficient (Wildman–Crippen LogP) is 4.72. The van der Waals surface area contributed by atoms with Crippen LogP contribution in [0.5, 0.6) is 5.75 Å². The molecule has 0 radical (unpaired) electrons. The molecule has 29 heavy (non-hydrogen) atoms. The Morgan fingerprint density at radius 2 is 1.79 bits per heavy atom. The van der Waals surface area contributed by atoms with Crippen molar-refractivity contribution < 1.29 is 9.53 Å². The Morgan fingerprint density at radius 3 is 2.41 bits per heavy atom. The Balaban J connectivity index is 1.52. The van der Waals surface area contributed by atoms with E-state index < -0.39 is 0 Å².